The molecule has 6 nitrogen and oxygen atoms in total. The highest BCUT2D eigenvalue weighted by atomic mass is 32.2. The maximum atomic E-state index is 13.0. The molecule has 0 spiro atoms. The first-order chi connectivity index (χ1) is 15.8. The number of para-hydroxylation sites is 1. The van der Waals surface area contributed by atoms with E-state index in [-0.39, 0.29) is 16.4 Å². The highest BCUT2D eigenvalue weighted by molar-refractivity contribution is 7.90. The first-order valence-electron chi connectivity index (χ1n) is 10.7. The number of fused-ring (bicyclic) bond motifs is 1. The van der Waals surface area contributed by atoms with Gasteiger partial charge in [0.25, 0.3) is 5.91 Å². The van der Waals surface area contributed by atoms with Crippen molar-refractivity contribution in [3.63, 3.8) is 0 Å². The van der Waals surface area contributed by atoms with E-state index in [4.69, 9.17) is 0 Å². The number of nitrogens with zero attached hydrogens (tertiary/aromatic N) is 1. The maximum absolute atomic E-state index is 13.0. The van der Waals surface area contributed by atoms with Crippen molar-refractivity contribution < 1.29 is 13.2 Å². The average Bonchev–Trinajstić information content (AvgIpc) is 3.23. The highest BCUT2D eigenvalue weighted by Gasteiger charge is 2.22. The average molecular weight is 462 g/mol. The van der Waals surface area contributed by atoms with Crippen LogP contribution in [0, 0.1) is 0 Å². The minimum absolute atomic E-state index is 0.0291. The second-order valence-electron chi connectivity index (χ2n) is 8.31. The second-order valence-corrected chi connectivity index (χ2v) is 10.3. The number of H-pyrrole nitrogens is 1. The molecule has 1 unspecified atom stereocenters. The fraction of sp³-hybridized carbons (Fsp3) is 0.192. The number of benzene rings is 3. The Bertz CT molecular complexity index is 1390. The molecule has 0 radical (unpaired) electrons. The van der Waals surface area contributed by atoms with Crippen molar-refractivity contribution in [2.24, 2.45) is 0 Å². The Hall–Kier alpha value is -3.58. The van der Waals surface area contributed by atoms with Crippen molar-refractivity contribution in [2.45, 2.75) is 10.8 Å². The molecule has 4 rings (SSSR count). The third-order valence-corrected chi connectivity index (χ3v) is 6.96. The monoisotopic (exact) mass is 461 g/mol. The molecule has 4 aromatic rings. The third kappa shape index (κ3) is 4.78. The van der Waals surface area contributed by atoms with Gasteiger partial charge in [0.15, 0.2) is 9.84 Å². The Kier molecular flexibility index (Phi) is 6.24. The minimum atomic E-state index is -3.52. The number of sulfone groups is 1. The third-order valence-electron chi connectivity index (χ3n) is 5.81. The molecule has 2 N–H and O–H groups in total. The van der Waals surface area contributed by atoms with Crippen molar-refractivity contribution in [2.75, 3.05) is 31.8 Å². The first-order valence-corrected chi connectivity index (χ1v) is 12.6. The fourth-order valence-corrected chi connectivity index (χ4v) is 4.95. The molecular weight excluding hydrogens is 434 g/mol. The Morgan fingerprint density at radius 1 is 0.970 bits per heavy atom. The zero-order valence-electron chi connectivity index (χ0n) is 18.9. The zero-order chi connectivity index (χ0) is 23.6. The number of nitrogens with one attached hydrogen (secondary N) is 2. The van der Waals surface area contributed by atoms with Gasteiger partial charge in [-0.1, -0.05) is 42.5 Å². The topological polar surface area (TPSA) is 82.3 Å². The van der Waals surface area contributed by atoms with Gasteiger partial charge in [0.2, 0.25) is 0 Å². The minimum Gasteiger partial charge on any atom is -0.378 e. The number of aromatic amines is 1. The first kappa shape index (κ1) is 22.6. The summed E-state index contributed by atoms with van der Waals surface area (Å²) in [6.07, 6.45) is 3.09. The molecule has 0 bridgehead atoms. The van der Waals surface area contributed by atoms with Crippen molar-refractivity contribution in [1.82, 2.24) is 10.3 Å². The van der Waals surface area contributed by atoms with E-state index in [1.165, 1.54) is 12.1 Å². The molecule has 1 amide bonds. The predicted octanol–water partition coefficient (Wildman–Crippen LogP) is 4.20. The van der Waals surface area contributed by atoms with E-state index in [2.05, 4.69) is 40.6 Å². The van der Waals surface area contributed by atoms with Crippen LogP contribution in [0.25, 0.3) is 10.9 Å². The van der Waals surface area contributed by atoms with Crippen molar-refractivity contribution in [3.8, 4) is 0 Å². The molecule has 0 aliphatic heterocycles. The second kappa shape index (κ2) is 9.11. The number of hydrogen-bond acceptors (Lipinski definition) is 4. The van der Waals surface area contributed by atoms with Gasteiger partial charge in [-0.2, -0.15) is 0 Å². The van der Waals surface area contributed by atoms with Crippen LogP contribution in [-0.4, -0.2) is 46.2 Å². The summed E-state index contributed by atoms with van der Waals surface area (Å²) in [4.78, 5) is 18.4. The molecule has 1 atom stereocenters. The normalized spacial score (nSPS) is 12.5. The van der Waals surface area contributed by atoms with E-state index in [0.29, 0.717) is 6.54 Å². The smallest absolute Gasteiger partial charge is 0.252 e. The molecule has 170 valence electrons. The van der Waals surface area contributed by atoms with Crippen LogP contribution in [0.1, 0.15) is 27.4 Å². The number of anilines is 1. The fourth-order valence-electron chi connectivity index (χ4n) is 4.06. The SMILES string of the molecule is CN(C)c1ccc(C(CNC(=O)c2ccccc2S(C)(=O)=O)c2c[nH]c3ccccc23)cc1. The number of rotatable bonds is 7. The van der Waals surface area contributed by atoms with Gasteiger partial charge < -0.3 is 15.2 Å². The Morgan fingerprint density at radius 3 is 2.33 bits per heavy atom. The largest absolute Gasteiger partial charge is 0.378 e. The van der Waals surface area contributed by atoms with Gasteiger partial charge in [0.05, 0.1) is 10.5 Å². The van der Waals surface area contributed by atoms with Gasteiger partial charge in [-0.25, -0.2) is 8.42 Å². The van der Waals surface area contributed by atoms with E-state index in [1.807, 2.05) is 43.4 Å². The Labute approximate surface area is 194 Å². The number of hydrogen-bond donors (Lipinski definition) is 2. The summed E-state index contributed by atoms with van der Waals surface area (Å²) in [7, 11) is 0.459. The van der Waals surface area contributed by atoms with Crippen LogP contribution in [-0.2, 0) is 9.84 Å². The van der Waals surface area contributed by atoms with Gasteiger partial charge in [0, 0.05) is 55.6 Å². The van der Waals surface area contributed by atoms with E-state index in [1.54, 1.807) is 12.1 Å². The van der Waals surface area contributed by atoms with Crippen molar-refractivity contribution in [1.29, 1.82) is 0 Å². The van der Waals surface area contributed by atoms with Crippen LogP contribution in [0.15, 0.2) is 83.9 Å². The summed E-state index contributed by atoms with van der Waals surface area (Å²) in [6.45, 7) is 0.320. The van der Waals surface area contributed by atoms with Gasteiger partial charge in [-0.3, -0.25) is 4.79 Å². The van der Waals surface area contributed by atoms with Crippen LogP contribution < -0.4 is 10.2 Å². The van der Waals surface area contributed by atoms with Gasteiger partial charge in [-0.15, -0.1) is 0 Å². The van der Waals surface area contributed by atoms with Crippen LogP contribution in [0.3, 0.4) is 0 Å². The molecule has 1 heterocycles. The van der Waals surface area contributed by atoms with Crippen LogP contribution >= 0.6 is 0 Å². The highest BCUT2D eigenvalue weighted by Crippen LogP contribution is 2.31. The molecule has 0 aliphatic rings. The van der Waals surface area contributed by atoms with E-state index < -0.39 is 15.7 Å². The maximum Gasteiger partial charge on any atom is 0.252 e. The van der Waals surface area contributed by atoms with Crippen LogP contribution in [0.2, 0.25) is 0 Å². The van der Waals surface area contributed by atoms with Gasteiger partial charge >= 0.3 is 0 Å². The molecule has 0 saturated carbocycles. The molecule has 0 aliphatic carbocycles. The van der Waals surface area contributed by atoms with Gasteiger partial charge in [0.1, 0.15) is 0 Å². The molecule has 0 fully saturated rings. The predicted molar refractivity (Wildman–Crippen MR) is 133 cm³/mol. The number of aromatic nitrogens is 1. The zero-order valence-corrected chi connectivity index (χ0v) is 19.7. The standard InChI is InChI=1S/C26H27N3O3S/c1-29(2)19-14-12-18(13-15-19)22(23-17-27-24-10-6-4-8-20(23)24)16-28-26(30)21-9-5-7-11-25(21)33(3,31)32/h4-15,17,22,27H,16H2,1-3H3,(H,28,30). The van der Waals surface area contributed by atoms with Gasteiger partial charge in [-0.05, 0) is 41.5 Å². The lowest BCUT2D eigenvalue weighted by atomic mass is 9.90. The van der Waals surface area contributed by atoms with E-state index in [0.717, 1.165) is 34.0 Å². The molecule has 3 aromatic carbocycles. The quantitative estimate of drug-likeness (QED) is 0.432. The summed E-state index contributed by atoms with van der Waals surface area (Å²) in [5.41, 5.74) is 4.39. The Morgan fingerprint density at radius 2 is 1.64 bits per heavy atom. The molecule has 1 aromatic heterocycles. The van der Waals surface area contributed by atoms with E-state index in [9.17, 15) is 13.2 Å². The lowest BCUT2D eigenvalue weighted by Crippen LogP contribution is -2.30. The lowest BCUT2D eigenvalue weighted by Gasteiger charge is -2.20. The van der Waals surface area contributed by atoms with Crippen LogP contribution in [0.4, 0.5) is 5.69 Å². The summed E-state index contributed by atoms with van der Waals surface area (Å²) in [6, 6.07) is 22.6. The number of amides is 1. The summed E-state index contributed by atoms with van der Waals surface area (Å²) >= 11 is 0. The molecule has 0 saturated heterocycles. The number of carbonyl (C=O) groups is 1. The summed E-state index contributed by atoms with van der Waals surface area (Å²) in [5.74, 6) is -0.530. The molecule has 33 heavy (non-hydrogen) atoms. The van der Waals surface area contributed by atoms with E-state index >= 15 is 0 Å². The summed E-state index contributed by atoms with van der Waals surface area (Å²) in [5, 5.41) is 4.06. The van der Waals surface area contributed by atoms with Crippen LogP contribution in [0.5, 0.6) is 0 Å². The number of carbonyl (C=O) groups excluding carboxylic acids is 1. The van der Waals surface area contributed by atoms with Crippen molar-refractivity contribution >= 4 is 32.3 Å². The molecular formula is C26H27N3O3S. The lowest BCUT2D eigenvalue weighted by molar-refractivity contribution is 0.0949. The molecule has 7 heteroatoms. The van der Waals surface area contributed by atoms with Crippen molar-refractivity contribution in [3.05, 3.63) is 95.7 Å². The summed E-state index contributed by atoms with van der Waals surface area (Å²) < 4.78 is 24.3. The Balaban J connectivity index is 1.69.